The monoisotopic (exact) mass is 456 g/mol. The minimum atomic E-state index is 0. The molecule has 0 aromatic rings. The molecule has 0 N–H and O–H groups in total. The highest BCUT2D eigenvalue weighted by Gasteiger charge is 1.35. The van der Waals surface area contributed by atoms with E-state index in [1.165, 1.54) is 6.42 Å². The first-order valence-electron chi connectivity index (χ1n) is 2.56. The predicted molar refractivity (Wildman–Crippen MR) is 70.8 cm³/mol. The van der Waals surface area contributed by atoms with E-state index in [0.29, 0.717) is 0 Å². The second-order valence-electron chi connectivity index (χ2n) is 0.707. The fourth-order valence-electron chi connectivity index (χ4n) is 0. The van der Waals surface area contributed by atoms with Crippen molar-refractivity contribution in [1.29, 1.82) is 0 Å². The van der Waals surface area contributed by atoms with Crippen molar-refractivity contribution in [2.75, 3.05) is 0 Å². The average Bonchev–Trinajstić information content (AvgIpc) is 1.78. The van der Waals surface area contributed by atoms with E-state index in [1.54, 1.807) is 0 Å². The molecule has 0 saturated heterocycles. The molecule has 0 amide bonds. The highest BCUT2D eigenvalue weighted by molar-refractivity contribution is 15.0. The van der Waals surface area contributed by atoms with Gasteiger partial charge in [-0.2, -0.15) is 0 Å². The number of hydrogen-bond donors (Lipinski definition) is 0. The summed E-state index contributed by atoms with van der Waals surface area (Å²) in [6.07, 6.45) is 1.25. The molecule has 8 heavy (non-hydrogen) atoms. The summed E-state index contributed by atoms with van der Waals surface area (Å²) in [7, 11) is 0. The second-order valence-corrected chi connectivity index (χ2v) is 0.707. The summed E-state index contributed by atoms with van der Waals surface area (Å²) in [5.41, 5.74) is 0. The average molecular weight is 456 g/mol. The summed E-state index contributed by atoms with van der Waals surface area (Å²) in [5.74, 6) is 0. The molecule has 0 spiro atoms. The van der Waals surface area contributed by atoms with Gasteiger partial charge in [0.1, 0.15) is 0 Å². The minimum absolute atomic E-state index is 0. The maximum absolute atomic E-state index is 2.12. The van der Waals surface area contributed by atoms with Crippen LogP contribution in [-0.4, -0.2) is 0 Å². The Morgan fingerprint density at radius 1 is 1.00 bits per heavy atom. The highest BCUT2D eigenvalue weighted by atomic mass is 128. The molecule has 0 atom stereocenters. The van der Waals surface area contributed by atoms with E-state index in [4.69, 9.17) is 0 Å². The Morgan fingerprint density at radius 2 is 1.00 bits per heavy atom. The van der Waals surface area contributed by atoms with Crippen LogP contribution in [0.2, 0.25) is 0 Å². The Kier molecular flexibility index (Phi) is 170. The Labute approximate surface area is 93.9 Å². The lowest BCUT2D eigenvalue weighted by molar-refractivity contribution is 1.09. The molecular formula is C5H15I3. The van der Waals surface area contributed by atoms with Gasteiger partial charge in [0.05, 0.1) is 0 Å². The molecule has 0 rings (SSSR count). The van der Waals surface area contributed by atoms with E-state index < -0.39 is 0 Å². The third-order valence-electron chi connectivity index (χ3n) is 0. The van der Waals surface area contributed by atoms with Crippen molar-refractivity contribution in [2.45, 2.75) is 34.1 Å². The van der Waals surface area contributed by atoms with Gasteiger partial charge in [-0.05, 0) is 0 Å². The summed E-state index contributed by atoms with van der Waals surface area (Å²) >= 11 is 4.24. The van der Waals surface area contributed by atoms with E-state index in [9.17, 15) is 0 Å². The molecule has 0 heterocycles. The lowest BCUT2D eigenvalue weighted by Crippen LogP contribution is -1.27. The van der Waals surface area contributed by atoms with Crippen molar-refractivity contribution >= 4 is 61.2 Å². The lowest BCUT2D eigenvalue weighted by Gasteiger charge is -1.48. The predicted octanol–water partition coefficient (Wildman–Crippen LogP) is 4.83. The van der Waals surface area contributed by atoms with Gasteiger partial charge in [0.25, 0.3) is 0 Å². The Morgan fingerprint density at radius 3 is 1.00 bits per heavy atom. The van der Waals surface area contributed by atoms with Gasteiger partial charge in [-0.1, -0.05) is 34.1 Å². The van der Waals surface area contributed by atoms with Crippen molar-refractivity contribution in [1.82, 2.24) is 0 Å². The van der Waals surface area contributed by atoms with Crippen LogP contribution in [0.15, 0.2) is 0 Å². The minimum Gasteiger partial charge on any atom is -0.107 e. The first kappa shape index (κ1) is 22.5. The first-order valence-corrected chi connectivity index (χ1v) is 8.84. The van der Waals surface area contributed by atoms with Crippen LogP contribution >= 0.6 is 61.2 Å². The molecule has 56 valence electrons. The van der Waals surface area contributed by atoms with E-state index in [-0.39, 0.29) is 24.0 Å². The molecular weight excluding hydrogens is 441 g/mol. The van der Waals surface area contributed by atoms with Crippen LogP contribution in [-0.2, 0) is 0 Å². The van der Waals surface area contributed by atoms with Crippen molar-refractivity contribution in [3.05, 3.63) is 0 Å². The van der Waals surface area contributed by atoms with Gasteiger partial charge in [0.2, 0.25) is 0 Å². The van der Waals surface area contributed by atoms with Crippen LogP contribution < -0.4 is 0 Å². The first-order chi connectivity index (χ1) is 3.41. The Hall–Kier alpha value is 2.19. The maximum Gasteiger partial charge on any atom is 0 e. The molecule has 0 aliphatic rings. The number of halogens is 3. The van der Waals surface area contributed by atoms with Crippen LogP contribution in [0.5, 0.6) is 0 Å². The Bertz CT molecular complexity index is 7.64. The van der Waals surface area contributed by atoms with Gasteiger partial charge in [0.15, 0.2) is 0 Å². The van der Waals surface area contributed by atoms with E-state index >= 15 is 0 Å². The fourth-order valence-corrected chi connectivity index (χ4v) is 0. The Balaban J connectivity index is -0.0000000147. The molecule has 0 unspecified atom stereocenters. The number of rotatable bonds is 0. The van der Waals surface area contributed by atoms with Crippen LogP contribution in [0.4, 0.5) is 0 Å². The molecule has 0 saturated carbocycles. The maximum atomic E-state index is 2.12. The topological polar surface area (TPSA) is 0 Å². The molecule has 0 nitrogen and oxygen atoms in total. The van der Waals surface area contributed by atoms with E-state index in [1.807, 2.05) is 13.8 Å². The van der Waals surface area contributed by atoms with Gasteiger partial charge >= 0.3 is 0 Å². The van der Waals surface area contributed by atoms with Gasteiger partial charge in [-0.15, -0.1) is 24.0 Å². The van der Waals surface area contributed by atoms with Crippen molar-refractivity contribution in [2.24, 2.45) is 0 Å². The van der Waals surface area contributed by atoms with Crippen molar-refractivity contribution < 1.29 is 0 Å². The third kappa shape index (κ3) is 88.3. The lowest BCUT2D eigenvalue weighted by atomic mass is 10.6. The third-order valence-corrected chi connectivity index (χ3v) is 0. The van der Waals surface area contributed by atoms with Crippen LogP contribution in [0.3, 0.4) is 0 Å². The zero-order chi connectivity index (χ0) is 6.71. The van der Waals surface area contributed by atoms with Crippen molar-refractivity contribution in [3.8, 4) is 0 Å². The van der Waals surface area contributed by atoms with Crippen LogP contribution in [0.1, 0.15) is 34.1 Å². The van der Waals surface area contributed by atoms with Gasteiger partial charge in [-0.25, -0.2) is 0 Å². The molecule has 0 bridgehead atoms. The molecule has 0 aromatic heterocycles. The molecule has 0 aliphatic carbocycles. The quantitative estimate of drug-likeness (QED) is 0.459. The fraction of sp³-hybridized carbons (Fsp3) is 1.00. The van der Waals surface area contributed by atoms with E-state index in [2.05, 4.69) is 51.1 Å². The van der Waals surface area contributed by atoms with Gasteiger partial charge < -0.3 is 0 Å². The molecule has 0 aliphatic heterocycles. The van der Waals surface area contributed by atoms with Crippen molar-refractivity contribution in [3.63, 3.8) is 0 Å². The smallest absolute Gasteiger partial charge is 0 e. The summed E-state index contributed by atoms with van der Waals surface area (Å²) in [6.45, 7) is 8.25. The SMILES string of the molecule is CC.CCC.I.II. The van der Waals surface area contributed by atoms with Crippen LogP contribution in [0.25, 0.3) is 0 Å². The zero-order valence-electron chi connectivity index (χ0n) is 5.87. The summed E-state index contributed by atoms with van der Waals surface area (Å²) in [6, 6.07) is 0. The second kappa shape index (κ2) is 60.6. The molecule has 0 aromatic carbocycles. The zero-order valence-corrected chi connectivity index (χ0v) is 12.5. The highest BCUT2D eigenvalue weighted by Crippen LogP contribution is 1.89. The van der Waals surface area contributed by atoms with Crippen LogP contribution in [0, 0.1) is 0 Å². The summed E-state index contributed by atoms with van der Waals surface area (Å²) in [5, 5.41) is 0. The largest absolute Gasteiger partial charge is 0.107 e. The summed E-state index contributed by atoms with van der Waals surface area (Å²) in [4.78, 5) is 0. The van der Waals surface area contributed by atoms with Gasteiger partial charge in [0, 0.05) is 37.2 Å². The standard InChI is InChI=1S/C3H8.C2H6.I2.HI/c1-3-2;2*1-2;/h3H2,1-2H3;1-2H3;;1H. The van der Waals surface area contributed by atoms with Gasteiger partial charge in [-0.3, -0.25) is 0 Å². The molecule has 3 heteroatoms. The molecule has 0 fully saturated rings. The summed E-state index contributed by atoms with van der Waals surface area (Å²) < 4.78 is 0. The normalized spacial score (nSPS) is 3.75. The number of hydrogen-bond acceptors (Lipinski definition) is 0. The molecule has 0 radical (unpaired) electrons. The van der Waals surface area contributed by atoms with E-state index in [0.717, 1.165) is 0 Å².